The minimum absolute atomic E-state index is 0.510. The van der Waals surface area contributed by atoms with Gasteiger partial charge in [-0.25, -0.2) is 0 Å². The van der Waals surface area contributed by atoms with Crippen LogP contribution in [0.4, 0.5) is 0 Å². The largest absolute Gasteiger partial charge is 0.460 e. The Morgan fingerprint density at radius 3 is 2.29 bits per heavy atom. The molecule has 14 heavy (non-hydrogen) atoms. The van der Waals surface area contributed by atoms with Crippen LogP contribution in [-0.2, 0) is 14.3 Å². The molecule has 0 spiro atoms. The number of carbonyl (C=O) groups is 1. The second kappa shape index (κ2) is 4.22. The van der Waals surface area contributed by atoms with Crippen molar-refractivity contribution >= 4 is 5.97 Å². The van der Waals surface area contributed by atoms with Gasteiger partial charge >= 0.3 is 5.97 Å². The number of hydrogen-bond donors (Lipinski definition) is 3. The van der Waals surface area contributed by atoms with Crippen molar-refractivity contribution in [1.29, 1.82) is 0 Å². The fourth-order valence-electron chi connectivity index (χ4n) is 1.40. The highest BCUT2D eigenvalue weighted by molar-refractivity contribution is 5.66. The molecule has 3 N–H and O–H groups in total. The summed E-state index contributed by atoms with van der Waals surface area (Å²) in [6, 6.07) is 0. The van der Waals surface area contributed by atoms with E-state index in [1.54, 1.807) is 0 Å². The third kappa shape index (κ3) is 2.21. The van der Waals surface area contributed by atoms with Crippen LogP contribution in [0.1, 0.15) is 13.8 Å². The molecule has 1 unspecified atom stereocenters. The van der Waals surface area contributed by atoms with Crippen molar-refractivity contribution in [1.82, 2.24) is 0 Å². The lowest BCUT2D eigenvalue weighted by molar-refractivity contribution is -0.168. The molecule has 0 aliphatic carbocycles. The maximum atomic E-state index is 10.6. The molecule has 0 aromatic heterocycles. The Kier molecular flexibility index (Phi) is 3.43. The molecule has 0 bridgehead atoms. The van der Waals surface area contributed by atoms with E-state index in [1.165, 1.54) is 13.8 Å². The Morgan fingerprint density at radius 2 is 1.93 bits per heavy atom. The van der Waals surface area contributed by atoms with Gasteiger partial charge in [-0.15, -0.1) is 0 Å². The lowest BCUT2D eigenvalue weighted by Gasteiger charge is -2.21. The molecule has 1 saturated heterocycles. The zero-order valence-corrected chi connectivity index (χ0v) is 7.95. The summed E-state index contributed by atoms with van der Waals surface area (Å²) in [6.07, 6.45) is -5.66. The van der Waals surface area contributed by atoms with Gasteiger partial charge in [0.05, 0.1) is 0 Å². The summed E-state index contributed by atoms with van der Waals surface area (Å²) < 4.78 is 9.58. The first-order valence-electron chi connectivity index (χ1n) is 4.30. The summed E-state index contributed by atoms with van der Waals surface area (Å²) in [6.45, 7) is 2.74. The quantitative estimate of drug-likeness (QED) is 0.470. The molecule has 1 rings (SSSR count). The van der Waals surface area contributed by atoms with Crippen molar-refractivity contribution in [3.05, 3.63) is 0 Å². The van der Waals surface area contributed by atoms with Gasteiger partial charge in [-0.1, -0.05) is 0 Å². The Hall–Kier alpha value is -0.690. The number of aliphatic hydroxyl groups excluding tert-OH is 3. The van der Waals surface area contributed by atoms with Crippen LogP contribution in [0.5, 0.6) is 0 Å². The highest BCUT2D eigenvalue weighted by Gasteiger charge is 2.45. The molecule has 1 fully saturated rings. The molecule has 1 aliphatic heterocycles. The van der Waals surface area contributed by atoms with Crippen molar-refractivity contribution in [3.8, 4) is 0 Å². The van der Waals surface area contributed by atoms with Gasteiger partial charge in [0.25, 0.3) is 0 Å². The third-order valence-electron chi connectivity index (χ3n) is 2.09. The fraction of sp³-hybridized carbons (Fsp3) is 0.875. The Bertz CT molecular complexity index is 218. The van der Waals surface area contributed by atoms with Crippen molar-refractivity contribution in [2.75, 3.05) is 0 Å². The molecule has 0 aromatic rings. The van der Waals surface area contributed by atoms with Crippen LogP contribution < -0.4 is 0 Å². The molecule has 0 radical (unpaired) electrons. The minimum atomic E-state index is -1.44. The maximum absolute atomic E-state index is 10.6. The Labute approximate surface area is 81.1 Å². The molecule has 1 aliphatic rings. The summed E-state index contributed by atoms with van der Waals surface area (Å²) in [5, 5.41) is 27.6. The highest BCUT2D eigenvalue weighted by Crippen LogP contribution is 2.23. The van der Waals surface area contributed by atoms with Gasteiger partial charge in [-0.2, -0.15) is 0 Å². The van der Waals surface area contributed by atoms with Crippen molar-refractivity contribution in [2.24, 2.45) is 0 Å². The van der Waals surface area contributed by atoms with Gasteiger partial charge in [-0.05, 0) is 6.92 Å². The van der Waals surface area contributed by atoms with Gasteiger partial charge < -0.3 is 24.8 Å². The van der Waals surface area contributed by atoms with E-state index in [2.05, 4.69) is 0 Å². The van der Waals surface area contributed by atoms with Gasteiger partial charge in [0.1, 0.15) is 24.4 Å². The second-order valence-electron chi connectivity index (χ2n) is 3.29. The van der Waals surface area contributed by atoms with Crippen molar-refractivity contribution in [3.63, 3.8) is 0 Å². The SMILES string of the molecule is CC(=O)O[C@@H](C)[C@@H]1OC(O)[C@H](O)[C@@H]1O. The first-order chi connectivity index (χ1) is 6.43. The van der Waals surface area contributed by atoms with E-state index in [0.717, 1.165) is 0 Å². The van der Waals surface area contributed by atoms with Crippen LogP contribution in [0.2, 0.25) is 0 Å². The van der Waals surface area contributed by atoms with Crippen LogP contribution in [0.15, 0.2) is 0 Å². The van der Waals surface area contributed by atoms with Crippen LogP contribution in [-0.4, -0.2) is 52.0 Å². The van der Waals surface area contributed by atoms with E-state index in [1.807, 2.05) is 0 Å². The van der Waals surface area contributed by atoms with Crippen molar-refractivity contribution in [2.45, 2.75) is 44.6 Å². The highest BCUT2D eigenvalue weighted by atomic mass is 16.7. The topological polar surface area (TPSA) is 96.2 Å². The van der Waals surface area contributed by atoms with E-state index in [9.17, 15) is 9.90 Å². The summed E-state index contributed by atoms with van der Waals surface area (Å²) in [4.78, 5) is 10.6. The Morgan fingerprint density at radius 1 is 1.36 bits per heavy atom. The first-order valence-corrected chi connectivity index (χ1v) is 4.30. The minimum Gasteiger partial charge on any atom is -0.460 e. The zero-order chi connectivity index (χ0) is 10.9. The van der Waals surface area contributed by atoms with Crippen LogP contribution in [0, 0.1) is 0 Å². The molecule has 0 aromatic carbocycles. The molecular weight excluding hydrogens is 192 g/mol. The lowest BCUT2D eigenvalue weighted by atomic mass is 10.1. The van der Waals surface area contributed by atoms with Gasteiger partial charge in [-0.3, -0.25) is 4.79 Å². The van der Waals surface area contributed by atoms with Crippen LogP contribution in [0.25, 0.3) is 0 Å². The lowest BCUT2D eigenvalue weighted by Crippen LogP contribution is -2.39. The zero-order valence-electron chi connectivity index (χ0n) is 7.95. The summed E-state index contributed by atoms with van der Waals surface area (Å²) >= 11 is 0. The number of carbonyl (C=O) groups excluding carboxylic acids is 1. The maximum Gasteiger partial charge on any atom is 0.302 e. The molecule has 6 nitrogen and oxygen atoms in total. The average molecular weight is 206 g/mol. The smallest absolute Gasteiger partial charge is 0.302 e. The van der Waals surface area contributed by atoms with Gasteiger partial charge in [0.15, 0.2) is 6.29 Å². The number of ether oxygens (including phenoxy) is 2. The summed E-state index contributed by atoms with van der Waals surface area (Å²) in [5.74, 6) is -0.510. The van der Waals surface area contributed by atoms with E-state index >= 15 is 0 Å². The predicted octanol–water partition coefficient (Wildman–Crippen LogP) is -1.62. The number of esters is 1. The number of rotatable bonds is 2. The molecule has 5 atom stereocenters. The van der Waals surface area contributed by atoms with E-state index in [4.69, 9.17) is 19.7 Å². The number of hydrogen-bond acceptors (Lipinski definition) is 6. The molecule has 0 saturated carbocycles. The molecular formula is C8H14O6. The second-order valence-corrected chi connectivity index (χ2v) is 3.29. The number of aliphatic hydroxyl groups is 3. The summed E-state index contributed by atoms with van der Waals surface area (Å²) in [5.41, 5.74) is 0. The standard InChI is InChI=1S/C8H14O6/c1-3(13-4(2)9)7-5(10)6(11)8(12)14-7/h3,5-8,10-12H,1-2H3/t3-,5-,6+,7-,8?/m0/s1. The Balaban J connectivity index is 2.57. The normalized spacial score (nSPS) is 39.5. The summed E-state index contributed by atoms with van der Waals surface area (Å²) in [7, 11) is 0. The molecule has 82 valence electrons. The van der Waals surface area contributed by atoms with Crippen molar-refractivity contribution < 1.29 is 29.6 Å². The van der Waals surface area contributed by atoms with E-state index < -0.39 is 36.7 Å². The average Bonchev–Trinajstić information content (AvgIpc) is 2.32. The molecule has 1 heterocycles. The molecule has 0 amide bonds. The third-order valence-corrected chi connectivity index (χ3v) is 2.09. The monoisotopic (exact) mass is 206 g/mol. The fourth-order valence-corrected chi connectivity index (χ4v) is 1.40. The first kappa shape index (κ1) is 11.4. The van der Waals surface area contributed by atoms with Crippen LogP contribution in [0.3, 0.4) is 0 Å². The van der Waals surface area contributed by atoms with Gasteiger partial charge in [0, 0.05) is 6.92 Å². The molecule has 6 heteroatoms. The van der Waals surface area contributed by atoms with Crippen LogP contribution >= 0.6 is 0 Å². The van der Waals surface area contributed by atoms with E-state index in [-0.39, 0.29) is 0 Å². The van der Waals surface area contributed by atoms with Gasteiger partial charge in [0.2, 0.25) is 0 Å². The predicted molar refractivity (Wildman–Crippen MR) is 44.1 cm³/mol. The van der Waals surface area contributed by atoms with E-state index in [0.29, 0.717) is 0 Å².